The molecule has 0 fully saturated rings. The Labute approximate surface area is 169 Å². The molecular weight excluding hydrogens is 373 g/mol. The average molecular weight is 397 g/mol. The summed E-state index contributed by atoms with van der Waals surface area (Å²) in [5, 5.41) is 2.80. The number of ether oxygens (including phenoxy) is 2. The normalized spacial score (nSPS) is 10.8. The van der Waals surface area contributed by atoms with Gasteiger partial charge in [0.25, 0.3) is 5.91 Å². The summed E-state index contributed by atoms with van der Waals surface area (Å²) < 4.78 is 27.1. The molecule has 0 aliphatic heterocycles. The molecule has 0 saturated carbocycles. The van der Waals surface area contributed by atoms with Gasteiger partial charge in [0, 0.05) is 24.5 Å². The number of amides is 1. The van der Waals surface area contributed by atoms with Gasteiger partial charge in [-0.3, -0.25) is 4.79 Å². The van der Waals surface area contributed by atoms with Crippen LogP contribution in [0.15, 0.2) is 48.8 Å². The Bertz CT molecular complexity index is 1010. The van der Waals surface area contributed by atoms with E-state index in [1.165, 1.54) is 13.2 Å². The molecule has 0 aliphatic carbocycles. The van der Waals surface area contributed by atoms with Crippen molar-refractivity contribution in [3.63, 3.8) is 0 Å². The van der Waals surface area contributed by atoms with Gasteiger partial charge in [-0.25, -0.2) is 9.37 Å². The lowest BCUT2D eigenvalue weighted by Crippen LogP contribution is -2.23. The van der Waals surface area contributed by atoms with Crippen LogP contribution in [0.1, 0.15) is 35.6 Å². The second-order valence-corrected chi connectivity index (χ2v) is 6.85. The number of benzene rings is 2. The molecule has 0 bridgehead atoms. The van der Waals surface area contributed by atoms with Gasteiger partial charge in [-0.1, -0.05) is 6.07 Å². The Kier molecular flexibility index (Phi) is 6.16. The third kappa shape index (κ3) is 4.74. The number of imidazole rings is 1. The Morgan fingerprint density at radius 3 is 2.62 bits per heavy atom. The zero-order valence-electron chi connectivity index (χ0n) is 16.9. The highest BCUT2D eigenvalue weighted by molar-refractivity contribution is 5.94. The fraction of sp³-hybridized carbons (Fsp3) is 0.273. The molecule has 0 radical (unpaired) electrons. The van der Waals surface area contributed by atoms with E-state index in [1.807, 2.05) is 13.8 Å². The van der Waals surface area contributed by atoms with Crippen LogP contribution in [0.4, 0.5) is 4.39 Å². The van der Waals surface area contributed by atoms with Gasteiger partial charge in [-0.2, -0.15) is 0 Å². The minimum Gasteiger partial charge on any atom is -0.493 e. The molecule has 0 unspecified atom stereocenters. The SMILES string of the molecule is COc1cc(C(=O)NCc2ccc(-n3ccnc3C)c(F)c2)ccc1OC(C)C. The monoisotopic (exact) mass is 397 g/mol. The second kappa shape index (κ2) is 8.77. The molecule has 0 atom stereocenters. The smallest absolute Gasteiger partial charge is 0.251 e. The van der Waals surface area contributed by atoms with E-state index in [0.717, 1.165) is 0 Å². The highest BCUT2D eigenvalue weighted by Crippen LogP contribution is 2.29. The average Bonchev–Trinajstić information content (AvgIpc) is 3.11. The fourth-order valence-electron chi connectivity index (χ4n) is 2.93. The number of rotatable bonds is 7. The largest absolute Gasteiger partial charge is 0.493 e. The van der Waals surface area contributed by atoms with E-state index >= 15 is 0 Å². The zero-order valence-corrected chi connectivity index (χ0v) is 16.9. The zero-order chi connectivity index (χ0) is 21.0. The first kappa shape index (κ1) is 20.4. The van der Waals surface area contributed by atoms with Crippen molar-refractivity contribution in [3.05, 3.63) is 71.6 Å². The third-order valence-corrected chi connectivity index (χ3v) is 4.34. The lowest BCUT2D eigenvalue weighted by Gasteiger charge is -2.14. The maximum Gasteiger partial charge on any atom is 0.251 e. The molecule has 0 spiro atoms. The molecule has 1 aromatic heterocycles. The first-order valence-corrected chi connectivity index (χ1v) is 9.30. The Morgan fingerprint density at radius 2 is 2.00 bits per heavy atom. The quantitative estimate of drug-likeness (QED) is 0.653. The van der Waals surface area contributed by atoms with E-state index in [-0.39, 0.29) is 24.4 Å². The molecule has 6 nitrogen and oxygen atoms in total. The van der Waals surface area contributed by atoms with Crippen LogP contribution in [0.2, 0.25) is 0 Å². The molecule has 0 saturated heterocycles. The summed E-state index contributed by atoms with van der Waals surface area (Å²) in [6.07, 6.45) is 3.32. The van der Waals surface area contributed by atoms with Crippen molar-refractivity contribution < 1.29 is 18.7 Å². The van der Waals surface area contributed by atoms with Gasteiger partial charge in [0.2, 0.25) is 0 Å². The molecule has 1 N–H and O–H groups in total. The van der Waals surface area contributed by atoms with Crippen LogP contribution in [0.25, 0.3) is 5.69 Å². The third-order valence-electron chi connectivity index (χ3n) is 4.34. The number of nitrogens with zero attached hydrogens (tertiary/aromatic N) is 2. The topological polar surface area (TPSA) is 65.4 Å². The number of aromatic nitrogens is 2. The molecule has 152 valence electrons. The Balaban J connectivity index is 1.69. The first-order chi connectivity index (χ1) is 13.9. The van der Waals surface area contributed by atoms with Crippen LogP contribution in [0, 0.1) is 12.7 Å². The van der Waals surface area contributed by atoms with Gasteiger partial charge in [0.15, 0.2) is 11.5 Å². The van der Waals surface area contributed by atoms with Crippen LogP contribution in [0.5, 0.6) is 11.5 Å². The number of nitrogens with one attached hydrogen (secondary N) is 1. The van der Waals surface area contributed by atoms with Crippen molar-refractivity contribution in [1.82, 2.24) is 14.9 Å². The van der Waals surface area contributed by atoms with Gasteiger partial charge < -0.3 is 19.4 Å². The first-order valence-electron chi connectivity index (χ1n) is 9.30. The van der Waals surface area contributed by atoms with Gasteiger partial charge in [0.1, 0.15) is 11.6 Å². The lowest BCUT2D eigenvalue weighted by molar-refractivity contribution is 0.0950. The molecule has 3 rings (SSSR count). The number of hydrogen-bond donors (Lipinski definition) is 1. The summed E-state index contributed by atoms with van der Waals surface area (Å²) in [5.74, 6) is 1.09. The van der Waals surface area contributed by atoms with Gasteiger partial charge in [-0.15, -0.1) is 0 Å². The van der Waals surface area contributed by atoms with Gasteiger partial charge in [0.05, 0.1) is 18.9 Å². The number of methoxy groups -OCH3 is 1. The number of aryl methyl sites for hydroxylation is 1. The van der Waals surface area contributed by atoms with Crippen molar-refractivity contribution in [2.24, 2.45) is 0 Å². The standard InChI is InChI=1S/C22H24FN3O3/c1-14(2)29-20-8-6-17(12-21(20)28-4)22(27)25-13-16-5-7-19(18(23)11-16)26-10-9-24-15(26)3/h5-12,14H,13H2,1-4H3,(H,25,27). The van der Waals surface area contributed by atoms with Crippen LogP contribution in [0.3, 0.4) is 0 Å². The molecule has 7 heteroatoms. The van der Waals surface area contributed by atoms with Crippen molar-refractivity contribution in [3.8, 4) is 17.2 Å². The second-order valence-electron chi connectivity index (χ2n) is 6.85. The van der Waals surface area contributed by atoms with E-state index in [1.54, 1.807) is 54.2 Å². The van der Waals surface area contributed by atoms with Crippen molar-refractivity contribution in [2.45, 2.75) is 33.4 Å². The number of halogens is 1. The molecule has 1 heterocycles. The van der Waals surface area contributed by atoms with E-state index in [0.29, 0.717) is 34.1 Å². The minimum atomic E-state index is -0.380. The molecule has 0 aliphatic rings. The minimum absolute atomic E-state index is 0.00689. The highest BCUT2D eigenvalue weighted by Gasteiger charge is 2.13. The highest BCUT2D eigenvalue weighted by atomic mass is 19.1. The molecule has 2 aromatic carbocycles. The number of carbonyl (C=O) groups excluding carboxylic acids is 1. The van der Waals surface area contributed by atoms with Crippen molar-refractivity contribution >= 4 is 5.91 Å². The lowest BCUT2D eigenvalue weighted by atomic mass is 10.1. The van der Waals surface area contributed by atoms with E-state index in [9.17, 15) is 9.18 Å². The maximum absolute atomic E-state index is 14.5. The molecule has 3 aromatic rings. The summed E-state index contributed by atoms with van der Waals surface area (Å²) in [6.45, 7) is 5.84. The summed E-state index contributed by atoms with van der Waals surface area (Å²) in [5.41, 5.74) is 1.51. The molecular formula is C22H24FN3O3. The van der Waals surface area contributed by atoms with E-state index < -0.39 is 0 Å². The van der Waals surface area contributed by atoms with Gasteiger partial charge in [-0.05, 0) is 56.7 Å². The summed E-state index contributed by atoms with van der Waals surface area (Å²) in [6, 6.07) is 9.86. The molecule has 29 heavy (non-hydrogen) atoms. The predicted octanol–water partition coefficient (Wildman–Crippen LogP) is 4.05. The maximum atomic E-state index is 14.5. The Morgan fingerprint density at radius 1 is 1.21 bits per heavy atom. The van der Waals surface area contributed by atoms with Crippen molar-refractivity contribution in [2.75, 3.05) is 7.11 Å². The van der Waals surface area contributed by atoms with Crippen molar-refractivity contribution in [1.29, 1.82) is 0 Å². The molecule has 1 amide bonds. The van der Waals surface area contributed by atoms with Crippen LogP contribution in [-0.2, 0) is 6.54 Å². The summed E-state index contributed by atoms with van der Waals surface area (Å²) >= 11 is 0. The van der Waals surface area contributed by atoms with Crippen LogP contribution < -0.4 is 14.8 Å². The summed E-state index contributed by atoms with van der Waals surface area (Å²) in [7, 11) is 1.52. The van der Waals surface area contributed by atoms with Crippen LogP contribution >= 0.6 is 0 Å². The van der Waals surface area contributed by atoms with Gasteiger partial charge >= 0.3 is 0 Å². The van der Waals surface area contributed by atoms with E-state index in [2.05, 4.69) is 10.3 Å². The van der Waals surface area contributed by atoms with E-state index in [4.69, 9.17) is 9.47 Å². The summed E-state index contributed by atoms with van der Waals surface area (Å²) in [4.78, 5) is 16.6. The van der Waals surface area contributed by atoms with Crippen LogP contribution in [-0.4, -0.2) is 28.7 Å². The Hall–Kier alpha value is -3.35. The fourth-order valence-corrected chi connectivity index (χ4v) is 2.93. The number of carbonyl (C=O) groups is 1. The number of hydrogen-bond acceptors (Lipinski definition) is 4. The predicted molar refractivity (Wildman–Crippen MR) is 108 cm³/mol.